The van der Waals surface area contributed by atoms with Crippen molar-refractivity contribution in [2.75, 3.05) is 20.3 Å². The van der Waals surface area contributed by atoms with Gasteiger partial charge in [0, 0.05) is 30.5 Å². The molecule has 1 fully saturated rings. The Kier molecular flexibility index (Phi) is 5.22. The molecule has 0 saturated carbocycles. The summed E-state index contributed by atoms with van der Waals surface area (Å²) in [5.41, 5.74) is 3.11. The molecule has 7 heteroatoms. The number of pyridine rings is 1. The Morgan fingerprint density at radius 3 is 2.84 bits per heavy atom. The van der Waals surface area contributed by atoms with Crippen LogP contribution < -0.4 is 9.47 Å². The van der Waals surface area contributed by atoms with Crippen molar-refractivity contribution in [3.8, 4) is 28.7 Å². The van der Waals surface area contributed by atoms with Crippen LogP contribution in [0.5, 0.6) is 11.5 Å². The predicted octanol–water partition coefficient (Wildman–Crippen LogP) is 2.62. The molecule has 0 spiro atoms. The minimum Gasteiger partial charge on any atom is -0.492 e. The summed E-state index contributed by atoms with van der Waals surface area (Å²) in [5, 5.41) is 19.0. The van der Waals surface area contributed by atoms with E-state index in [-0.39, 0.29) is 5.92 Å². The van der Waals surface area contributed by atoms with Crippen LogP contribution in [0.3, 0.4) is 0 Å². The van der Waals surface area contributed by atoms with Crippen LogP contribution in [0, 0.1) is 11.3 Å². The quantitative estimate of drug-likeness (QED) is 0.844. The summed E-state index contributed by atoms with van der Waals surface area (Å²) >= 11 is 0. The number of hydrogen-bond donors (Lipinski definition) is 1. The molecule has 1 aliphatic rings. The maximum Gasteiger partial charge on any atom is 0.454 e. The molecular formula is C18H19BN2O4. The molecule has 2 aromatic rings. The first-order valence-corrected chi connectivity index (χ1v) is 8.16. The van der Waals surface area contributed by atoms with Crippen LogP contribution in [0.4, 0.5) is 0 Å². The minimum absolute atomic E-state index is 0.113. The molecule has 1 aromatic heterocycles. The van der Waals surface area contributed by atoms with Gasteiger partial charge in [0.25, 0.3) is 0 Å². The van der Waals surface area contributed by atoms with Crippen LogP contribution >= 0.6 is 0 Å². The zero-order chi connectivity index (χ0) is 17.8. The number of methoxy groups -OCH3 is 1. The largest absolute Gasteiger partial charge is 0.492 e. The molecule has 1 atom stereocenters. The Balaban J connectivity index is 2.01. The molecule has 25 heavy (non-hydrogen) atoms. The molecule has 1 unspecified atom stereocenters. The van der Waals surface area contributed by atoms with Crippen molar-refractivity contribution in [2.45, 2.75) is 19.2 Å². The highest BCUT2D eigenvalue weighted by Crippen LogP contribution is 2.37. The Morgan fingerprint density at radius 2 is 2.20 bits per heavy atom. The van der Waals surface area contributed by atoms with Crippen molar-refractivity contribution >= 4 is 7.12 Å². The van der Waals surface area contributed by atoms with Crippen LogP contribution in [-0.4, -0.2) is 37.4 Å². The Hall–Kier alpha value is -2.56. The Morgan fingerprint density at radius 1 is 1.36 bits per heavy atom. The van der Waals surface area contributed by atoms with Crippen LogP contribution in [0.2, 0.25) is 6.32 Å². The second-order valence-electron chi connectivity index (χ2n) is 5.83. The molecule has 128 valence electrons. The SMILES string of the molecule is CCOc1cc(-c2cncc(C3COB(O)C3)c2)cc(C#N)c1OC. The van der Waals surface area contributed by atoms with E-state index in [1.165, 1.54) is 7.11 Å². The number of aromatic nitrogens is 1. The van der Waals surface area contributed by atoms with Crippen LogP contribution in [0.15, 0.2) is 30.6 Å². The lowest BCUT2D eigenvalue weighted by molar-refractivity contribution is 0.292. The standard InChI is InChI=1S/C18H19BN2O4/c1-3-24-17-6-12(4-13(8-20)18(17)23-2)14-5-15(10-21-9-14)16-7-19(22)25-11-16/h4-6,9-10,16,22H,3,7,11H2,1-2H3. The van der Waals surface area contributed by atoms with Gasteiger partial charge in [-0.25, -0.2) is 0 Å². The third-order valence-corrected chi connectivity index (χ3v) is 4.22. The predicted molar refractivity (Wildman–Crippen MR) is 93.6 cm³/mol. The van der Waals surface area contributed by atoms with Crippen molar-refractivity contribution in [3.05, 3.63) is 41.7 Å². The van der Waals surface area contributed by atoms with E-state index >= 15 is 0 Å². The number of ether oxygens (including phenoxy) is 2. The topological polar surface area (TPSA) is 84.6 Å². The molecule has 1 aromatic carbocycles. The molecular weight excluding hydrogens is 319 g/mol. The number of rotatable bonds is 5. The highest BCUT2D eigenvalue weighted by molar-refractivity contribution is 6.43. The molecule has 1 aliphatic heterocycles. The van der Waals surface area contributed by atoms with E-state index in [1.54, 1.807) is 18.5 Å². The van der Waals surface area contributed by atoms with Gasteiger partial charge in [-0.3, -0.25) is 4.98 Å². The summed E-state index contributed by atoms with van der Waals surface area (Å²) < 4.78 is 16.2. The van der Waals surface area contributed by atoms with Gasteiger partial charge in [-0.1, -0.05) is 0 Å². The van der Waals surface area contributed by atoms with E-state index < -0.39 is 7.12 Å². The van der Waals surface area contributed by atoms with Crippen molar-refractivity contribution < 1.29 is 19.2 Å². The van der Waals surface area contributed by atoms with Gasteiger partial charge in [0.2, 0.25) is 0 Å². The second-order valence-corrected chi connectivity index (χ2v) is 5.83. The fourth-order valence-electron chi connectivity index (χ4n) is 3.00. The molecule has 6 nitrogen and oxygen atoms in total. The third kappa shape index (κ3) is 3.60. The summed E-state index contributed by atoms with van der Waals surface area (Å²) in [7, 11) is 0.802. The number of nitrogens with zero attached hydrogens (tertiary/aromatic N) is 2. The smallest absolute Gasteiger partial charge is 0.454 e. The monoisotopic (exact) mass is 338 g/mol. The highest BCUT2D eigenvalue weighted by Gasteiger charge is 2.30. The molecule has 1 saturated heterocycles. The summed E-state index contributed by atoms with van der Waals surface area (Å²) in [4.78, 5) is 4.31. The van der Waals surface area contributed by atoms with Gasteiger partial charge in [0.1, 0.15) is 6.07 Å². The molecule has 2 heterocycles. The first-order valence-electron chi connectivity index (χ1n) is 8.16. The second kappa shape index (κ2) is 7.56. The summed E-state index contributed by atoms with van der Waals surface area (Å²) in [5.74, 6) is 1.08. The lowest BCUT2D eigenvalue weighted by atomic mass is 9.80. The molecule has 3 rings (SSSR count). The van der Waals surface area contributed by atoms with Gasteiger partial charge in [0.05, 0.1) is 19.3 Å². The number of benzene rings is 1. The van der Waals surface area contributed by atoms with E-state index in [9.17, 15) is 10.3 Å². The van der Waals surface area contributed by atoms with E-state index in [2.05, 4.69) is 11.1 Å². The zero-order valence-corrected chi connectivity index (χ0v) is 14.2. The third-order valence-electron chi connectivity index (χ3n) is 4.22. The Bertz CT molecular complexity index is 806. The minimum atomic E-state index is -0.718. The van der Waals surface area contributed by atoms with Gasteiger partial charge < -0.3 is 19.2 Å². The fourth-order valence-corrected chi connectivity index (χ4v) is 3.00. The highest BCUT2D eigenvalue weighted by atomic mass is 16.5. The normalized spacial score (nSPS) is 16.6. The van der Waals surface area contributed by atoms with Crippen molar-refractivity contribution in [1.82, 2.24) is 4.98 Å². The van der Waals surface area contributed by atoms with Gasteiger partial charge in [-0.15, -0.1) is 0 Å². The van der Waals surface area contributed by atoms with E-state index in [1.807, 2.05) is 19.1 Å². The van der Waals surface area contributed by atoms with E-state index in [4.69, 9.17) is 14.1 Å². The fraction of sp³-hybridized carbons (Fsp3) is 0.333. The van der Waals surface area contributed by atoms with Crippen molar-refractivity contribution in [2.24, 2.45) is 0 Å². The average molecular weight is 338 g/mol. The lowest BCUT2D eigenvalue weighted by Crippen LogP contribution is -2.07. The average Bonchev–Trinajstić information content (AvgIpc) is 3.08. The lowest BCUT2D eigenvalue weighted by Gasteiger charge is -2.14. The number of nitriles is 1. The Labute approximate surface area is 147 Å². The van der Waals surface area contributed by atoms with Crippen LogP contribution in [0.1, 0.15) is 24.0 Å². The number of hydrogen-bond acceptors (Lipinski definition) is 6. The van der Waals surface area contributed by atoms with Crippen LogP contribution in [-0.2, 0) is 4.65 Å². The maximum atomic E-state index is 9.56. The van der Waals surface area contributed by atoms with Gasteiger partial charge in [0.15, 0.2) is 11.5 Å². The molecule has 0 amide bonds. The molecule has 1 N–H and O–H groups in total. The zero-order valence-electron chi connectivity index (χ0n) is 14.2. The van der Waals surface area contributed by atoms with E-state index in [0.29, 0.717) is 36.6 Å². The van der Waals surface area contributed by atoms with Gasteiger partial charge in [-0.2, -0.15) is 5.26 Å². The summed E-state index contributed by atoms with van der Waals surface area (Å²) in [6.07, 6.45) is 4.09. The van der Waals surface area contributed by atoms with Crippen LogP contribution in [0.25, 0.3) is 11.1 Å². The van der Waals surface area contributed by atoms with Crippen molar-refractivity contribution in [3.63, 3.8) is 0 Å². The summed E-state index contributed by atoms with van der Waals surface area (Å²) in [6, 6.07) is 7.78. The van der Waals surface area contributed by atoms with Gasteiger partial charge >= 0.3 is 7.12 Å². The maximum absolute atomic E-state index is 9.56. The van der Waals surface area contributed by atoms with Gasteiger partial charge in [-0.05, 0) is 42.6 Å². The summed E-state index contributed by atoms with van der Waals surface area (Å²) in [6.45, 7) is 2.83. The first-order chi connectivity index (χ1) is 12.2. The molecule has 0 aliphatic carbocycles. The molecule has 0 radical (unpaired) electrons. The first kappa shape index (κ1) is 17.3. The van der Waals surface area contributed by atoms with E-state index in [0.717, 1.165) is 16.7 Å². The molecule has 0 bridgehead atoms. The van der Waals surface area contributed by atoms with Crippen molar-refractivity contribution in [1.29, 1.82) is 5.26 Å².